The molecule has 78 valence electrons. The summed E-state index contributed by atoms with van der Waals surface area (Å²) in [4.78, 5) is 0. The molecule has 4 heteroatoms. The van der Waals surface area contributed by atoms with Crippen molar-refractivity contribution in [3.8, 4) is 11.5 Å². The molecule has 3 N–H and O–H groups in total. The number of aliphatic hydroxyl groups is 1. The molecule has 0 bridgehead atoms. The minimum absolute atomic E-state index is 0.192. The zero-order valence-electron chi connectivity index (χ0n) is 8.30. The van der Waals surface area contributed by atoms with E-state index in [1.165, 1.54) is 6.07 Å². The quantitative estimate of drug-likeness (QED) is 0.680. The van der Waals surface area contributed by atoms with Gasteiger partial charge in [-0.05, 0) is 48.3 Å². The van der Waals surface area contributed by atoms with Crippen LogP contribution in [0.5, 0.6) is 11.5 Å². The van der Waals surface area contributed by atoms with Crippen LogP contribution in [0.1, 0.15) is 25.0 Å². The van der Waals surface area contributed by atoms with Gasteiger partial charge >= 0.3 is 0 Å². The maximum atomic E-state index is 9.84. The van der Waals surface area contributed by atoms with Crippen molar-refractivity contribution in [3.63, 3.8) is 0 Å². The molecule has 0 heterocycles. The first kappa shape index (κ1) is 11.3. The molecule has 0 fully saturated rings. The van der Waals surface area contributed by atoms with E-state index in [-0.39, 0.29) is 11.5 Å². The first-order valence-electron chi connectivity index (χ1n) is 4.19. The molecule has 14 heavy (non-hydrogen) atoms. The molecule has 0 aliphatic heterocycles. The molecular formula is C10H13BrO3. The topological polar surface area (TPSA) is 60.7 Å². The van der Waals surface area contributed by atoms with Crippen LogP contribution in [0.25, 0.3) is 0 Å². The molecule has 0 radical (unpaired) electrons. The van der Waals surface area contributed by atoms with Crippen molar-refractivity contribution < 1.29 is 15.3 Å². The van der Waals surface area contributed by atoms with E-state index in [2.05, 4.69) is 15.9 Å². The summed E-state index contributed by atoms with van der Waals surface area (Å²) in [5, 5.41) is 28.6. The van der Waals surface area contributed by atoms with Crippen molar-refractivity contribution >= 4 is 15.9 Å². The lowest BCUT2D eigenvalue weighted by atomic mass is 9.93. The number of aryl methyl sites for hydroxylation is 1. The Hall–Kier alpha value is -0.740. The molecule has 0 atom stereocenters. The van der Waals surface area contributed by atoms with Crippen molar-refractivity contribution in [3.05, 3.63) is 21.7 Å². The van der Waals surface area contributed by atoms with Crippen LogP contribution in [0, 0.1) is 6.92 Å². The van der Waals surface area contributed by atoms with Crippen LogP contribution < -0.4 is 0 Å². The molecule has 0 spiro atoms. The molecule has 0 aliphatic carbocycles. The Kier molecular flexibility index (Phi) is 2.78. The third-order valence-corrected chi connectivity index (χ3v) is 2.80. The van der Waals surface area contributed by atoms with Gasteiger partial charge in [-0.1, -0.05) is 0 Å². The fraction of sp³-hybridized carbons (Fsp3) is 0.400. The Balaban J connectivity index is 3.53. The highest BCUT2D eigenvalue weighted by Gasteiger charge is 2.25. The molecule has 0 saturated carbocycles. The third kappa shape index (κ3) is 1.86. The van der Waals surface area contributed by atoms with Gasteiger partial charge < -0.3 is 15.3 Å². The second-order valence-corrected chi connectivity index (χ2v) is 4.60. The monoisotopic (exact) mass is 260 g/mol. The van der Waals surface area contributed by atoms with Crippen molar-refractivity contribution in [2.75, 3.05) is 0 Å². The fourth-order valence-electron chi connectivity index (χ4n) is 1.50. The van der Waals surface area contributed by atoms with Gasteiger partial charge in [-0.15, -0.1) is 0 Å². The Morgan fingerprint density at radius 1 is 1.29 bits per heavy atom. The highest BCUT2D eigenvalue weighted by Crippen LogP contribution is 2.42. The van der Waals surface area contributed by atoms with Gasteiger partial charge in [0.1, 0.15) is 0 Å². The molecular weight excluding hydrogens is 248 g/mol. The van der Waals surface area contributed by atoms with Crippen molar-refractivity contribution in [2.45, 2.75) is 26.4 Å². The van der Waals surface area contributed by atoms with E-state index in [1.807, 2.05) is 0 Å². The number of phenolic OH excluding ortho intramolecular Hbond substituents is 2. The zero-order chi connectivity index (χ0) is 11.1. The van der Waals surface area contributed by atoms with E-state index >= 15 is 0 Å². The Labute approximate surface area is 91.1 Å². The highest BCUT2D eigenvalue weighted by atomic mass is 79.9. The second-order valence-electron chi connectivity index (χ2n) is 3.81. The smallest absolute Gasteiger partial charge is 0.172 e. The minimum Gasteiger partial charge on any atom is -0.504 e. The Morgan fingerprint density at radius 2 is 1.79 bits per heavy atom. The van der Waals surface area contributed by atoms with E-state index in [1.54, 1.807) is 20.8 Å². The maximum Gasteiger partial charge on any atom is 0.172 e. The SMILES string of the molecule is Cc1cc(O)c(O)c(Br)c1C(C)(C)O. The molecule has 0 aromatic heterocycles. The van der Waals surface area contributed by atoms with Crippen molar-refractivity contribution in [1.29, 1.82) is 0 Å². The van der Waals surface area contributed by atoms with Crippen molar-refractivity contribution in [1.82, 2.24) is 0 Å². The lowest BCUT2D eigenvalue weighted by molar-refractivity contribution is 0.0767. The van der Waals surface area contributed by atoms with Gasteiger partial charge in [0.15, 0.2) is 11.5 Å². The highest BCUT2D eigenvalue weighted by molar-refractivity contribution is 9.10. The first-order valence-corrected chi connectivity index (χ1v) is 4.98. The third-order valence-electron chi connectivity index (χ3n) is 2.03. The molecule has 0 aliphatic rings. The zero-order valence-corrected chi connectivity index (χ0v) is 9.88. The largest absolute Gasteiger partial charge is 0.504 e. The van der Waals surface area contributed by atoms with Gasteiger partial charge in [-0.2, -0.15) is 0 Å². The standard InChI is InChI=1S/C10H13BrO3/c1-5-4-6(12)9(13)8(11)7(5)10(2,3)14/h4,12-14H,1-3H3. The van der Waals surface area contributed by atoms with Gasteiger partial charge in [0.2, 0.25) is 0 Å². The minimum atomic E-state index is -1.06. The summed E-state index contributed by atoms with van der Waals surface area (Å²) in [6.45, 7) is 5.00. The summed E-state index contributed by atoms with van der Waals surface area (Å²) >= 11 is 3.15. The summed E-state index contributed by atoms with van der Waals surface area (Å²) in [7, 11) is 0. The number of hydrogen-bond acceptors (Lipinski definition) is 3. The molecule has 0 saturated heterocycles. The molecule has 3 nitrogen and oxygen atoms in total. The summed E-state index contributed by atoms with van der Waals surface area (Å²) in [6.07, 6.45) is 0. The van der Waals surface area contributed by atoms with E-state index in [0.717, 1.165) is 5.56 Å². The first-order chi connectivity index (χ1) is 6.25. The lowest BCUT2D eigenvalue weighted by Crippen LogP contribution is -2.18. The average molecular weight is 261 g/mol. The van der Waals surface area contributed by atoms with E-state index in [0.29, 0.717) is 10.0 Å². The number of hydrogen-bond donors (Lipinski definition) is 3. The van der Waals surface area contributed by atoms with Crippen LogP contribution >= 0.6 is 15.9 Å². The van der Waals surface area contributed by atoms with Gasteiger partial charge in [-0.3, -0.25) is 0 Å². The summed E-state index contributed by atoms with van der Waals surface area (Å²) in [6, 6.07) is 1.42. The molecule has 1 aromatic rings. The molecule has 1 rings (SSSR count). The van der Waals surface area contributed by atoms with Crippen LogP contribution in [-0.4, -0.2) is 15.3 Å². The number of halogens is 1. The second kappa shape index (κ2) is 3.44. The number of aromatic hydroxyl groups is 2. The summed E-state index contributed by atoms with van der Waals surface area (Å²) in [5.41, 5.74) is 0.237. The van der Waals surface area contributed by atoms with Crippen LogP contribution in [0.2, 0.25) is 0 Å². The van der Waals surface area contributed by atoms with Crippen LogP contribution in [0.4, 0.5) is 0 Å². The number of benzene rings is 1. The van der Waals surface area contributed by atoms with E-state index in [4.69, 9.17) is 0 Å². The van der Waals surface area contributed by atoms with Crippen LogP contribution in [0.15, 0.2) is 10.5 Å². The Morgan fingerprint density at radius 3 is 2.21 bits per heavy atom. The number of rotatable bonds is 1. The average Bonchev–Trinajstić information content (AvgIpc) is 1.97. The fourth-order valence-corrected chi connectivity index (χ4v) is 2.50. The molecule has 0 amide bonds. The molecule has 1 aromatic carbocycles. The van der Waals surface area contributed by atoms with Gasteiger partial charge in [0, 0.05) is 5.56 Å². The summed E-state index contributed by atoms with van der Waals surface area (Å²) < 4.78 is 0.336. The van der Waals surface area contributed by atoms with E-state index < -0.39 is 5.60 Å². The maximum absolute atomic E-state index is 9.84. The van der Waals surface area contributed by atoms with E-state index in [9.17, 15) is 15.3 Å². The summed E-state index contributed by atoms with van der Waals surface area (Å²) in [5.74, 6) is -0.435. The number of phenols is 2. The van der Waals surface area contributed by atoms with Crippen LogP contribution in [-0.2, 0) is 5.60 Å². The van der Waals surface area contributed by atoms with Gasteiger partial charge in [0.25, 0.3) is 0 Å². The predicted molar refractivity (Wildman–Crippen MR) is 57.5 cm³/mol. The Bertz CT molecular complexity index is 367. The normalized spacial score (nSPS) is 11.8. The predicted octanol–water partition coefficient (Wildman–Crippen LogP) is 2.40. The van der Waals surface area contributed by atoms with Gasteiger partial charge in [0.05, 0.1) is 10.1 Å². The van der Waals surface area contributed by atoms with Crippen LogP contribution in [0.3, 0.4) is 0 Å². The molecule has 0 unspecified atom stereocenters. The lowest BCUT2D eigenvalue weighted by Gasteiger charge is -2.22. The van der Waals surface area contributed by atoms with Crippen molar-refractivity contribution in [2.24, 2.45) is 0 Å². The van der Waals surface area contributed by atoms with Gasteiger partial charge in [-0.25, -0.2) is 0 Å².